The van der Waals surface area contributed by atoms with E-state index in [-0.39, 0.29) is 0 Å². The summed E-state index contributed by atoms with van der Waals surface area (Å²) in [4.78, 5) is 4.76. The minimum Gasteiger partial charge on any atom is -0.456 e. The van der Waals surface area contributed by atoms with Crippen molar-refractivity contribution in [1.82, 2.24) is 0 Å². The molecule has 0 unspecified atom stereocenters. The van der Waals surface area contributed by atoms with E-state index in [0.717, 1.165) is 67.0 Å². The summed E-state index contributed by atoms with van der Waals surface area (Å²) < 4.78 is 6.33. The Morgan fingerprint density at radius 1 is 0.271 bits per heavy atom. The molecule has 1 aromatic heterocycles. The van der Waals surface area contributed by atoms with Crippen molar-refractivity contribution in [1.29, 1.82) is 0 Å². The van der Waals surface area contributed by atoms with E-state index in [2.05, 4.69) is 228 Å². The fraction of sp³-hybridized carbons (Fsp3) is 0. The highest BCUT2D eigenvalue weighted by molar-refractivity contribution is 6.17. The van der Waals surface area contributed by atoms with Gasteiger partial charge in [0.1, 0.15) is 11.2 Å². The van der Waals surface area contributed by atoms with Crippen LogP contribution in [0, 0.1) is 0 Å². The minimum absolute atomic E-state index is 0.903. The van der Waals surface area contributed by atoms with Gasteiger partial charge in [-0.3, -0.25) is 0 Å². The highest BCUT2D eigenvalue weighted by Gasteiger charge is 2.22. The van der Waals surface area contributed by atoms with E-state index in [1.807, 2.05) is 12.1 Å². The van der Waals surface area contributed by atoms with E-state index < -0.39 is 0 Å². The average Bonchev–Trinajstić information content (AvgIpc) is 3.67. The Balaban J connectivity index is 1.16. The summed E-state index contributed by atoms with van der Waals surface area (Å²) >= 11 is 0. The normalized spacial score (nSPS) is 11.4. The highest BCUT2D eigenvalue weighted by atomic mass is 16.3. The first-order valence-electron chi connectivity index (χ1n) is 20.1. The van der Waals surface area contributed by atoms with E-state index in [0.29, 0.717) is 0 Å². The van der Waals surface area contributed by atoms with Gasteiger partial charge in [-0.1, -0.05) is 152 Å². The van der Waals surface area contributed by atoms with Crippen LogP contribution in [-0.2, 0) is 0 Å². The van der Waals surface area contributed by atoms with Crippen molar-refractivity contribution < 1.29 is 4.42 Å². The molecule has 0 spiro atoms. The number of hydrogen-bond donors (Lipinski definition) is 0. The Morgan fingerprint density at radius 2 is 0.814 bits per heavy atom. The number of nitrogens with zero attached hydrogens (tertiary/aromatic N) is 2. The van der Waals surface area contributed by atoms with E-state index in [1.54, 1.807) is 0 Å². The lowest BCUT2D eigenvalue weighted by Crippen LogP contribution is -2.14. The average molecular weight is 755 g/mol. The van der Waals surface area contributed by atoms with E-state index in [4.69, 9.17) is 4.42 Å². The van der Waals surface area contributed by atoms with Gasteiger partial charge in [-0.2, -0.15) is 0 Å². The highest BCUT2D eigenvalue weighted by Crippen LogP contribution is 2.46. The van der Waals surface area contributed by atoms with Gasteiger partial charge in [-0.15, -0.1) is 0 Å². The Kier molecular flexibility index (Phi) is 8.49. The van der Waals surface area contributed by atoms with Crippen LogP contribution in [0.5, 0.6) is 0 Å². The summed E-state index contributed by atoms with van der Waals surface area (Å²) in [6, 6.07) is 82.5. The second-order valence-electron chi connectivity index (χ2n) is 14.9. The number of benzene rings is 10. The van der Waals surface area contributed by atoms with Crippen LogP contribution in [0.1, 0.15) is 0 Å². The van der Waals surface area contributed by atoms with Gasteiger partial charge in [0.25, 0.3) is 0 Å². The lowest BCUT2D eigenvalue weighted by Gasteiger charge is -2.31. The molecule has 10 aromatic carbocycles. The summed E-state index contributed by atoms with van der Waals surface area (Å²) in [6.45, 7) is 0. The van der Waals surface area contributed by atoms with Gasteiger partial charge < -0.3 is 14.2 Å². The Hall–Kier alpha value is -7.88. The van der Waals surface area contributed by atoms with Gasteiger partial charge >= 0.3 is 0 Å². The first kappa shape index (κ1) is 34.4. The largest absolute Gasteiger partial charge is 0.456 e. The summed E-state index contributed by atoms with van der Waals surface area (Å²) in [5.41, 5.74) is 12.9. The van der Waals surface area contributed by atoms with Crippen molar-refractivity contribution >= 4 is 77.6 Å². The van der Waals surface area contributed by atoms with E-state index in [9.17, 15) is 0 Å². The van der Waals surface area contributed by atoms with Crippen LogP contribution in [0.3, 0.4) is 0 Å². The Bertz CT molecular complexity index is 3240. The van der Waals surface area contributed by atoms with Crippen molar-refractivity contribution in [2.24, 2.45) is 0 Å². The smallest absolute Gasteiger partial charge is 0.136 e. The molecule has 0 fully saturated rings. The lowest BCUT2D eigenvalue weighted by atomic mass is 9.93. The zero-order valence-corrected chi connectivity index (χ0v) is 32.2. The van der Waals surface area contributed by atoms with E-state index >= 15 is 0 Å². The van der Waals surface area contributed by atoms with Crippen molar-refractivity contribution in [3.05, 3.63) is 231 Å². The molecule has 11 aromatic rings. The molecular formula is C56H38N2O. The van der Waals surface area contributed by atoms with Crippen molar-refractivity contribution in [2.45, 2.75) is 0 Å². The van der Waals surface area contributed by atoms with Crippen LogP contribution in [0.15, 0.2) is 235 Å². The van der Waals surface area contributed by atoms with Crippen molar-refractivity contribution in [3.63, 3.8) is 0 Å². The molecule has 0 amide bonds. The standard InChI is InChI=1S/C56H38N2O/c1-4-17-39(18-5-1)47-25-10-11-26-48(47)49-27-12-14-29-54(49)58(45-24-16-23-44(36-45)57(42-19-6-2-7-20-42)43-21-8-3-9-22-43)46-34-33-40-31-32-41-35-56-53(38-52(41)51(40)37-46)50-28-13-15-30-55(50)59-56/h1-38H. The molecule has 0 saturated carbocycles. The third kappa shape index (κ3) is 6.17. The maximum atomic E-state index is 6.33. The van der Waals surface area contributed by atoms with Gasteiger partial charge in [0.2, 0.25) is 0 Å². The summed E-state index contributed by atoms with van der Waals surface area (Å²) in [7, 11) is 0. The molecule has 3 nitrogen and oxygen atoms in total. The molecule has 0 N–H and O–H groups in total. The SMILES string of the molecule is c1ccc(-c2ccccc2-c2ccccc2N(c2cccc(N(c3ccccc3)c3ccccc3)c2)c2ccc3ccc4cc5oc6ccccc6c5cc4c3c2)cc1. The molecule has 0 aliphatic rings. The number of furan rings is 1. The van der Waals surface area contributed by atoms with Crippen LogP contribution >= 0.6 is 0 Å². The zero-order valence-electron chi connectivity index (χ0n) is 32.2. The van der Waals surface area contributed by atoms with Crippen LogP contribution in [-0.4, -0.2) is 0 Å². The molecule has 0 bridgehead atoms. The molecular weight excluding hydrogens is 717 g/mol. The van der Waals surface area contributed by atoms with Crippen molar-refractivity contribution in [3.8, 4) is 22.3 Å². The fourth-order valence-corrected chi connectivity index (χ4v) is 8.68. The maximum Gasteiger partial charge on any atom is 0.136 e. The topological polar surface area (TPSA) is 19.6 Å². The molecule has 1 heterocycles. The zero-order chi connectivity index (χ0) is 39.1. The Labute approximate surface area is 343 Å². The molecule has 0 aliphatic heterocycles. The third-order valence-electron chi connectivity index (χ3n) is 11.4. The lowest BCUT2D eigenvalue weighted by molar-refractivity contribution is 0.669. The third-order valence-corrected chi connectivity index (χ3v) is 11.4. The molecule has 0 saturated heterocycles. The minimum atomic E-state index is 0.903. The number of rotatable bonds is 8. The molecule has 0 radical (unpaired) electrons. The second-order valence-corrected chi connectivity index (χ2v) is 14.9. The fourth-order valence-electron chi connectivity index (χ4n) is 8.68. The molecule has 278 valence electrons. The van der Waals surface area contributed by atoms with Crippen molar-refractivity contribution in [2.75, 3.05) is 9.80 Å². The van der Waals surface area contributed by atoms with Gasteiger partial charge in [0.05, 0.1) is 5.69 Å². The van der Waals surface area contributed by atoms with Gasteiger partial charge in [-0.25, -0.2) is 0 Å². The molecule has 0 atom stereocenters. The molecule has 0 aliphatic carbocycles. The monoisotopic (exact) mass is 754 g/mol. The molecule has 3 heteroatoms. The predicted octanol–water partition coefficient (Wildman–Crippen LogP) is 16.2. The van der Waals surface area contributed by atoms with Gasteiger partial charge in [-0.05, 0) is 117 Å². The summed E-state index contributed by atoms with van der Waals surface area (Å²) in [6.07, 6.45) is 0. The van der Waals surface area contributed by atoms with Crippen LogP contribution < -0.4 is 9.80 Å². The number of hydrogen-bond acceptors (Lipinski definition) is 3. The first-order valence-corrected chi connectivity index (χ1v) is 20.1. The second kappa shape index (κ2) is 14.6. The van der Waals surface area contributed by atoms with Gasteiger partial charge in [0, 0.05) is 44.8 Å². The number of para-hydroxylation sites is 4. The Morgan fingerprint density at radius 3 is 1.58 bits per heavy atom. The molecule has 59 heavy (non-hydrogen) atoms. The molecule has 11 rings (SSSR count). The van der Waals surface area contributed by atoms with Crippen LogP contribution in [0.4, 0.5) is 34.1 Å². The number of anilines is 6. The maximum absolute atomic E-state index is 6.33. The van der Waals surface area contributed by atoms with E-state index in [1.165, 1.54) is 32.8 Å². The van der Waals surface area contributed by atoms with Gasteiger partial charge in [0.15, 0.2) is 0 Å². The van der Waals surface area contributed by atoms with Crippen LogP contribution in [0.2, 0.25) is 0 Å². The summed E-state index contributed by atoms with van der Waals surface area (Å²) in [5, 5.41) is 6.96. The first-order chi connectivity index (χ1) is 29.3. The quantitative estimate of drug-likeness (QED) is 0.144. The number of fused-ring (bicyclic) bond motifs is 6. The summed E-state index contributed by atoms with van der Waals surface area (Å²) in [5.74, 6) is 0. The predicted molar refractivity (Wildman–Crippen MR) is 249 cm³/mol. The van der Waals surface area contributed by atoms with Crippen LogP contribution in [0.25, 0.3) is 65.7 Å².